The second-order valence-corrected chi connectivity index (χ2v) is 6.41. The molecule has 1 aromatic heterocycles. The standard InChI is InChI=1S/C14H15F3INO2/c1-7-5-8(12(20)14(15,16)17)3-4-11-9(7)6-10(18)13(19-11)21-2/h6-8H,3-5H2,1-2H3. The Labute approximate surface area is 134 Å². The van der Waals surface area contributed by atoms with Crippen molar-refractivity contribution in [1.82, 2.24) is 4.98 Å². The lowest BCUT2D eigenvalue weighted by atomic mass is 9.89. The Hall–Kier alpha value is -0.860. The fourth-order valence-electron chi connectivity index (χ4n) is 2.74. The molecule has 0 spiro atoms. The van der Waals surface area contributed by atoms with Gasteiger partial charge in [0.15, 0.2) is 0 Å². The fraction of sp³-hybridized carbons (Fsp3) is 0.571. The SMILES string of the molecule is COc1nc2c(cc1I)C(C)CC(C(=O)C(F)(F)F)CC2. The summed E-state index contributed by atoms with van der Waals surface area (Å²) in [5.74, 6) is -2.27. The van der Waals surface area contributed by atoms with Crippen molar-refractivity contribution in [3.05, 3.63) is 20.9 Å². The van der Waals surface area contributed by atoms with E-state index in [4.69, 9.17) is 4.74 Å². The van der Waals surface area contributed by atoms with Crippen LogP contribution in [0.1, 0.15) is 36.9 Å². The molecule has 2 rings (SSSR count). The van der Waals surface area contributed by atoms with E-state index < -0.39 is 17.9 Å². The molecule has 0 amide bonds. The minimum atomic E-state index is -4.76. The van der Waals surface area contributed by atoms with E-state index in [0.717, 1.165) is 14.8 Å². The minimum absolute atomic E-state index is 0.134. The van der Waals surface area contributed by atoms with Crippen LogP contribution in [0.5, 0.6) is 5.88 Å². The number of carbonyl (C=O) groups excluding carboxylic acids is 1. The highest BCUT2D eigenvalue weighted by molar-refractivity contribution is 14.1. The molecule has 0 saturated carbocycles. The van der Waals surface area contributed by atoms with Crippen LogP contribution in [0.25, 0.3) is 0 Å². The third kappa shape index (κ3) is 3.49. The van der Waals surface area contributed by atoms with Crippen LogP contribution >= 0.6 is 22.6 Å². The van der Waals surface area contributed by atoms with Gasteiger partial charge in [-0.1, -0.05) is 6.92 Å². The normalized spacial score (nSPS) is 22.4. The number of rotatable bonds is 2. The van der Waals surface area contributed by atoms with Crippen LogP contribution < -0.4 is 4.74 Å². The fourth-order valence-corrected chi connectivity index (χ4v) is 3.42. The van der Waals surface area contributed by atoms with Crippen molar-refractivity contribution in [3.8, 4) is 5.88 Å². The molecule has 0 bridgehead atoms. The highest BCUT2D eigenvalue weighted by atomic mass is 127. The summed E-state index contributed by atoms with van der Waals surface area (Å²) < 4.78 is 43.8. The first-order chi connectivity index (χ1) is 9.74. The van der Waals surface area contributed by atoms with Crippen LogP contribution in [-0.4, -0.2) is 24.1 Å². The van der Waals surface area contributed by atoms with Crippen LogP contribution in [0.3, 0.4) is 0 Å². The quantitative estimate of drug-likeness (QED) is 0.546. The number of hydrogen-bond acceptors (Lipinski definition) is 3. The first-order valence-corrected chi connectivity index (χ1v) is 7.66. The van der Waals surface area contributed by atoms with Gasteiger partial charge < -0.3 is 4.74 Å². The molecule has 21 heavy (non-hydrogen) atoms. The Morgan fingerprint density at radius 1 is 1.48 bits per heavy atom. The van der Waals surface area contributed by atoms with E-state index in [1.807, 2.05) is 13.0 Å². The third-order valence-electron chi connectivity index (χ3n) is 3.80. The molecule has 0 aromatic carbocycles. The Balaban J connectivity index is 2.31. The predicted molar refractivity (Wildman–Crippen MR) is 79.4 cm³/mol. The summed E-state index contributed by atoms with van der Waals surface area (Å²) in [7, 11) is 1.51. The van der Waals surface area contributed by atoms with Crippen molar-refractivity contribution in [2.24, 2.45) is 5.92 Å². The first-order valence-electron chi connectivity index (χ1n) is 6.58. The lowest BCUT2D eigenvalue weighted by Crippen LogP contribution is -2.31. The van der Waals surface area contributed by atoms with Crippen molar-refractivity contribution < 1.29 is 22.7 Å². The molecule has 7 heteroatoms. The second-order valence-electron chi connectivity index (χ2n) is 5.25. The van der Waals surface area contributed by atoms with Gasteiger partial charge in [-0.3, -0.25) is 4.79 Å². The summed E-state index contributed by atoms with van der Waals surface area (Å²) in [6.45, 7) is 1.84. The Morgan fingerprint density at radius 3 is 2.71 bits per heavy atom. The Morgan fingerprint density at radius 2 is 2.14 bits per heavy atom. The molecule has 116 valence electrons. The number of aromatic nitrogens is 1. The van der Waals surface area contributed by atoms with Gasteiger partial charge in [-0.25, -0.2) is 4.98 Å². The number of ether oxygens (including phenoxy) is 1. The third-order valence-corrected chi connectivity index (χ3v) is 4.57. The number of hydrogen-bond donors (Lipinski definition) is 0. The van der Waals surface area contributed by atoms with Crippen LogP contribution in [0.2, 0.25) is 0 Å². The predicted octanol–water partition coefficient (Wildman–Crippen LogP) is 3.88. The van der Waals surface area contributed by atoms with Crippen molar-refractivity contribution in [2.45, 2.75) is 38.3 Å². The van der Waals surface area contributed by atoms with E-state index in [1.165, 1.54) is 7.11 Å². The maximum atomic E-state index is 12.6. The number of halogens is 4. The van der Waals surface area contributed by atoms with Gasteiger partial charge in [-0.15, -0.1) is 0 Å². The lowest BCUT2D eigenvalue weighted by molar-refractivity contribution is -0.176. The summed E-state index contributed by atoms with van der Waals surface area (Å²) in [6, 6.07) is 1.90. The Kier molecular flexibility index (Phi) is 4.79. The number of pyridine rings is 1. The number of fused-ring (bicyclic) bond motifs is 1. The number of methoxy groups -OCH3 is 1. The molecule has 0 aliphatic heterocycles. The molecule has 0 saturated heterocycles. The summed E-state index contributed by atoms with van der Waals surface area (Å²) in [5.41, 5.74) is 1.65. The van der Waals surface area contributed by atoms with Gasteiger partial charge in [0.05, 0.1) is 10.7 Å². The molecule has 0 N–H and O–H groups in total. The van der Waals surface area contributed by atoms with E-state index in [1.54, 1.807) is 0 Å². The van der Waals surface area contributed by atoms with Gasteiger partial charge in [-0.2, -0.15) is 13.2 Å². The molecule has 1 heterocycles. The van der Waals surface area contributed by atoms with Gasteiger partial charge in [0.2, 0.25) is 11.7 Å². The molecule has 0 fully saturated rings. The number of alkyl halides is 3. The summed E-state index contributed by atoms with van der Waals surface area (Å²) >= 11 is 2.09. The molecule has 2 atom stereocenters. The van der Waals surface area contributed by atoms with Gasteiger partial charge in [0.1, 0.15) is 0 Å². The molecule has 1 aliphatic carbocycles. The monoisotopic (exact) mass is 413 g/mol. The van der Waals surface area contributed by atoms with E-state index in [2.05, 4.69) is 27.6 Å². The average Bonchev–Trinajstić information content (AvgIpc) is 2.56. The van der Waals surface area contributed by atoms with Gasteiger partial charge in [-0.05, 0) is 59.4 Å². The number of aryl methyl sites for hydroxylation is 1. The number of carbonyl (C=O) groups is 1. The number of Topliss-reactive ketones (excluding diaryl/α,β-unsaturated/α-hetero) is 1. The second kappa shape index (κ2) is 6.10. The average molecular weight is 413 g/mol. The maximum absolute atomic E-state index is 12.6. The molecule has 1 aliphatic rings. The van der Waals surface area contributed by atoms with E-state index in [0.29, 0.717) is 12.3 Å². The van der Waals surface area contributed by atoms with Crippen LogP contribution in [0.4, 0.5) is 13.2 Å². The van der Waals surface area contributed by atoms with Crippen molar-refractivity contribution in [2.75, 3.05) is 7.11 Å². The topological polar surface area (TPSA) is 39.2 Å². The van der Waals surface area contributed by atoms with Crippen LogP contribution in [0.15, 0.2) is 6.07 Å². The van der Waals surface area contributed by atoms with Crippen LogP contribution in [-0.2, 0) is 11.2 Å². The Bertz CT molecular complexity index is 560. The molecule has 2 unspecified atom stereocenters. The van der Waals surface area contributed by atoms with Crippen molar-refractivity contribution >= 4 is 28.4 Å². The maximum Gasteiger partial charge on any atom is 0.450 e. The van der Waals surface area contributed by atoms with Crippen molar-refractivity contribution in [3.63, 3.8) is 0 Å². The van der Waals surface area contributed by atoms with E-state index in [-0.39, 0.29) is 18.8 Å². The minimum Gasteiger partial charge on any atom is -0.480 e. The smallest absolute Gasteiger partial charge is 0.450 e. The molecular formula is C14H15F3INO2. The van der Waals surface area contributed by atoms with Gasteiger partial charge >= 0.3 is 6.18 Å². The van der Waals surface area contributed by atoms with Crippen LogP contribution in [0, 0.1) is 9.49 Å². The zero-order valence-electron chi connectivity index (χ0n) is 11.6. The first kappa shape index (κ1) is 16.5. The highest BCUT2D eigenvalue weighted by Crippen LogP contribution is 2.37. The summed E-state index contributed by atoms with van der Waals surface area (Å²) in [5, 5.41) is 0. The molecule has 1 aromatic rings. The highest BCUT2D eigenvalue weighted by Gasteiger charge is 2.44. The summed E-state index contributed by atoms with van der Waals surface area (Å²) in [4.78, 5) is 15.9. The zero-order chi connectivity index (χ0) is 15.8. The number of nitrogens with zero attached hydrogens (tertiary/aromatic N) is 1. The molecule has 0 radical (unpaired) electrons. The lowest BCUT2D eigenvalue weighted by Gasteiger charge is -2.18. The van der Waals surface area contributed by atoms with E-state index >= 15 is 0 Å². The van der Waals surface area contributed by atoms with Gasteiger partial charge in [0.25, 0.3) is 0 Å². The zero-order valence-corrected chi connectivity index (χ0v) is 13.8. The molecule has 3 nitrogen and oxygen atoms in total. The number of ketones is 1. The molecular weight excluding hydrogens is 398 g/mol. The van der Waals surface area contributed by atoms with E-state index in [9.17, 15) is 18.0 Å². The summed E-state index contributed by atoms with van der Waals surface area (Å²) in [6.07, 6.45) is -4.03. The largest absolute Gasteiger partial charge is 0.480 e. The van der Waals surface area contributed by atoms with Crippen molar-refractivity contribution in [1.29, 1.82) is 0 Å². The van der Waals surface area contributed by atoms with Gasteiger partial charge in [0, 0.05) is 11.6 Å².